The van der Waals surface area contributed by atoms with Crippen LogP contribution in [0.2, 0.25) is 5.02 Å². The molecule has 102 valence electrons. The van der Waals surface area contributed by atoms with Crippen LogP contribution in [0.4, 0.5) is 18.9 Å². The van der Waals surface area contributed by atoms with E-state index in [0.717, 1.165) is 6.07 Å². The van der Waals surface area contributed by atoms with Crippen LogP contribution in [0.1, 0.15) is 5.56 Å². The van der Waals surface area contributed by atoms with Crippen LogP contribution in [-0.2, 0) is 10.9 Å². The van der Waals surface area contributed by atoms with E-state index in [4.69, 9.17) is 21.4 Å². The van der Waals surface area contributed by atoms with Gasteiger partial charge >= 0.3 is 6.18 Å². The van der Waals surface area contributed by atoms with Crippen molar-refractivity contribution in [1.82, 2.24) is 0 Å². The molecular formula is C11H13ClF3NO2. The number of alkyl halides is 3. The molecule has 0 amide bonds. The maximum absolute atomic E-state index is 12.7. The summed E-state index contributed by atoms with van der Waals surface area (Å²) in [5, 5.41) is 11.1. The van der Waals surface area contributed by atoms with Gasteiger partial charge in [0.25, 0.3) is 0 Å². The average Bonchev–Trinajstić information content (AvgIpc) is 2.29. The van der Waals surface area contributed by atoms with Gasteiger partial charge in [0.05, 0.1) is 25.4 Å². The second-order valence-electron chi connectivity index (χ2n) is 3.45. The van der Waals surface area contributed by atoms with Gasteiger partial charge in [-0.05, 0) is 18.2 Å². The molecule has 0 aliphatic carbocycles. The largest absolute Gasteiger partial charge is 0.418 e. The van der Waals surface area contributed by atoms with Crippen molar-refractivity contribution in [2.45, 2.75) is 6.18 Å². The molecule has 0 spiro atoms. The predicted octanol–water partition coefficient (Wildman–Crippen LogP) is 2.78. The SMILES string of the molecule is OCCOCCNc1ccc(Cl)cc1C(F)(F)F. The van der Waals surface area contributed by atoms with Gasteiger partial charge in [-0.2, -0.15) is 13.2 Å². The quantitative estimate of drug-likeness (QED) is 0.789. The van der Waals surface area contributed by atoms with E-state index in [1.54, 1.807) is 0 Å². The van der Waals surface area contributed by atoms with Crippen LogP contribution < -0.4 is 5.32 Å². The lowest BCUT2D eigenvalue weighted by Gasteiger charge is -2.14. The highest BCUT2D eigenvalue weighted by Gasteiger charge is 2.33. The molecule has 0 atom stereocenters. The van der Waals surface area contributed by atoms with Crippen molar-refractivity contribution in [3.63, 3.8) is 0 Å². The van der Waals surface area contributed by atoms with Crippen molar-refractivity contribution >= 4 is 17.3 Å². The Morgan fingerprint density at radius 3 is 2.61 bits per heavy atom. The maximum Gasteiger partial charge on any atom is 0.418 e. The summed E-state index contributed by atoms with van der Waals surface area (Å²) in [6.07, 6.45) is -4.46. The molecule has 0 saturated heterocycles. The number of nitrogens with one attached hydrogen (secondary N) is 1. The first-order valence-electron chi connectivity index (χ1n) is 5.24. The third-order valence-electron chi connectivity index (χ3n) is 2.08. The molecule has 0 bridgehead atoms. The average molecular weight is 284 g/mol. The minimum atomic E-state index is -4.46. The number of aliphatic hydroxyl groups excluding tert-OH is 1. The highest BCUT2D eigenvalue weighted by molar-refractivity contribution is 6.30. The number of benzene rings is 1. The van der Waals surface area contributed by atoms with Crippen molar-refractivity contribution in [2.24, 2.45) is 0 Å². The van der Waals surface area contributed by atoms with E-state index < -0.39 is 11.7 Å². The lowest BCUT2D eigenvalue weighted by atomic mass is 10.1. The summed E-state index contributed by atoms with van der Waals surface area (Å²) in [6.45, 7) is 0.467. The second-order valence-corrected chi connectivity index (χ2v) is 3.89. The highest BCUT2D eigenvalue weighted by Crippen LogP contribution is 2.36. The van der Waals surface area contributed by atoms with Gasteiger partial charge in [0.2, 0.25) is 0 Å². The zero-order valence-electron chi connectivity index (χ0n) is 9.43. The van der Waals surface area contributed by atoms with Crippen LogP contribution in [0.5, 0.6) is 0 Å². The van der Waals surface area contributed by atoms with E-state index in [0.29, 0.717) is 0 Å². The first-order valence-corrected chi connectivity index (χ1v) is 5.62. The lowest BCUT2D eigenvalue weighted by molar-refractivity contribution is -0.136. The number of ether oxygens (including phenoxy) is 1. The molecule has 0 aliphatic heterocycles. The van der Waals surface area contributed by atoms with Gasteiger partial charge in [0.1, 0.15) is 0 Å². The lowest BCUT2D eigenvalue weighted by Crippen LogP contribution is -2.15. The van der Waals surface area contributed by atoms with Crippen molar-refractivity contribution in [3.8, 4) is 0 Å². The van der Waals surface area contributed by atoms with Gasteiger partial charge in [-0.25, -0.2) is 0 Å². The van der Waals surface area contributed by atoms with Gasteiger partial charge in [0.15, 0.2) is 0 Å². The van der Waals surface area contributed by atoms with E-state index in [2.05, 4.69) is 5.32 Å². The van der Waals surface area contributed by atoms with Gasteiger partial charge in [-0.3, -0.25) is 0 Å². The Bertz CT molecular complexity index is 385. The molecule has 0 aliphatic rings. The molecule has 0 unspecified atom stereocenters. The van der Waals surface area contributed by atoms with E-state index in [-0.39, 0.29) is 37.1 Å². The molecule has 0 radical (unpaired) electrons. The van der Waals surface area contributed by atoms with Gasteiger partial charge in [-0.1, -0.05) is 11.6 Å². The van der Waals surface area contributed by atoms with Gasteiger partial charge in [-0.15, -0.1) is 0 Å². The molecule has 0 heterocycles. The number of halogens is 4. The minimum absolute atomic E-state index is 0.0319. The number of hydrogen-bond donors (Lipinski definition) is 2. The molecule has 0 saturated carbocycles. The van der Waals surface area contributed by atoms with Crippen LogP contribution in [0, 0.1) is 0 Å². The summed E-state index contributed by atoms with van der Waals surface area (Å²) in [5.41, 5.74) is -0.850. The fourth-order valence-corrected chi connectivity index (χ4v) is 1.50. The smallest absolute Gasteiger partial charge is 0.394 e. The molecule has 0 fully saturated rings. The fraction of sp³-hybridized carbons (Fsp3) is 0.455. The Morgan fingerprint density at radius 1 is 1.28 bits per heavy atom. The van der Waals surface area contributed by atoms with Crippen LogP contribution in [-0.4, -0.2) is 31.5 Å². The Hall–Kier alpha value is -0.980. The molecular weight excluding hydrogens is 271 g/mol. The maximum atomic E-state index is 12.7. The molecule has 2 N–H and O–H groups in total. The summed E-state index contributed by atoms with van der Waals surface area (Å²) < 4.78 is 43.0. The van der Waals surface area contributed by atoms with Gasteiger partial charge in [0, 0.05) is 17.3 Å². The van der Waals surface area contributed by atoms with E-state index >= 15 is 0 Å². The van der Waals surface area contributed by atoms with E-state index in [1.165, 1.54) is 12.1 Å². The Morgan fingerprint density at radius 2 is 2.00 bits per heavy atom. The summed E-state index contributed by atoms with van der Waals surface area (Å²) in [6, 6.07) is 3.53. The van der Waals surface area contributed by atoms with Crippen LogP contribution in [0.25, 0.3) is 0 Å². The van der Waals surface area contributed by atoms with Crippen molar-refractivity contribution in [2.75, 3.05) is 31.7 Å². The standard InChI is InChI=1S/C11H13ClF3NO2/c12-8-1-2-10(9(7-8)11(13,14)15)16-3-5-18-6-4-17/h1-2,7,16-17H,3-6H2. The van der Waals surface area contributed by atoms with E-state index in [9.17, 15) is 13.2 Å². The fourth-order valence-electron chi connectivity index (χ4n) is 1.33. The Balaban J connectivity index is 2.65. The zero-order chi connectivity index (χ0) is 13.6. The molecule has 1 aromatic carbocycles. The third-order valence-corrected chi connectivity index (χ3v) is 2.32. The monoisotopic (exact) mass is 283 g/mol. The number of rotatable bonds is 6. The predicted molar refractivity (Wildman–Crippen MR) is 62.8 cm³/mol. The van der Waals surface area contributed by atoms with Gasteiger partial charge < -0.3 is 15.2 Å². The molecule has 3 nitrogen and oxygen atoms in total. The first-order chi connectivity index (χ1) is 8.45. The Labute approximate surface area is 108 Å². The van der Waals surface area contributed by atoms with Crippen LogP contribution in [0.3, 0.4) is 0 Å². The van der Waals surface area contributed by atoms with E-state index in [1.807, 2.05) is 0 Å². The molecule has 7 heteroatoms. The zero-order valence-corrected chi connectivity index (χ0v) is 10.2. The normalized spacial score (nSPS) is 11.6. The second kappa shape index (κ2) is 6.82. The summed E-state index contributed by atoms with van der Waals surface area (Å²) in [4.78, 5) is 0. The molecule has 18 heavy (non-hydrogen) atoms. The van der Waals surface area contributed by atoms with Crippen molar-refractivity contribution in [3.05, 3.63) is 28.8 Å². The van der Waals surface area contributed by atoms with Crippen LogP contribution in [0.15, 0.2) is 18.2 Å². The van der Waals surface area contributed by atoms with Crippen molar-refractivity contribution < 1.29 is 23.0 Å². The van der Waals surface area contributed by atoms with Crippen molar-refractivity contribution in [1.29, 1.82) is 0 Å². The minimum Gasteiger partial charge on any atom is -0.394 e. The topological polar surface area (TPSA) is 41.5 Å². The first kappa shape index (κ1) is 15.1. The summed E-state index contributed by atoms with van der Waals surface area (Å²) >= 11 is 5.55. The Kier molecular flexibility index (Phi) is 5.71. The highest BCUT2D eigenvalue weighted by atomic mass is 35.5. The molecule has 1 rings (SSSR count). The molecule has 0 aromatic heterocycles. The molecule has 1 aromatic rings. The number of aliphatic hydroxyl groups is 1. The van der Waals surface area contributed by atoms with Crippen LogP contribution >= 0.6 is 11.6 Å². The number of anilines is 1. The number of hydrogen-bond acceptors (Lipinski definition) is 3. The summed E-state index contributed by atoms with van der Waals surface area (Å²) in [7, 11) is 0. The third kappa shape index (κ3) is 4.72. The summed E-state index contributed by atoms with van der Waals surface area (Å²) in [5.74, 6) is 0.